The van der Waals surface area contributed by atoms with E-state index >= 15 is 0 Å². The Morgan fingerprint density at radius 3 is 2.54 bits per heavy atom. The molecule has 1 amide bonds. The maximum atomic E-state index is 13.8. The van der Waals surface area contributed by atoms with E-state index in [0.29, 0.717) is 42.2 Å². The molecule has 13 heteroatoms. The van der Waals surface area contributed by atoms with Crippen LogP contribution in [-0.2, 0) is 13.1 Å². The van der Waals surface area contributed by atoms with Crippen molar-refractivity contribution in [3.63, 3.8) is 0 Å². The van der Waals surface area contributed by atoms with Gasteiger partial charge in [-0.2, -0.15) is 5.21 Å². The predicted octanol–water partition coefficient (Wildman–Crippen LogP) is 5.78. The highest BCUT2D eigenvalue weighted by atomic mass is 35.5. The number of H-pyrrole nitrogens is 1. The molecule has 0 aliphatic carbocycles. The van der Waals surface area contributed by atoms with E-state index in [-0.39, 0.29) is 33.3 Å². The Kier molecular flexibility index (Phi) is 9.32. The first-order valence-corrected chi connectivity index (χ1v) is 13.3. The molecule has 0 aliphatic rings. The van der Waals surface area contributed by atoms with Crippen molar-refractivity contribution in [3.05, 3.63) is 68.7 Å². The number of halogens is 3. The normalized spacial score (nSPS) is 11.2. The van der Waals surface area contributed by atoms with Crippen LogP contribution in [-0.4, -0.2) is 61.7 Å². The minimum absolute atomic E-state index is 0.143. The maximum Gasteiger partial charge on any atom is 0.255 e. The van der Waals surface area contributed by atoms with Crippen LogP contribution in [0.2, 0.25) is 15.3 Å². The van der Waals surface area contributed by atoms with E-state index < -0.39 is 0 Å². The van der Waals surface area contributed by atoms with E-state index in [0.717, 1.165) is 17.5 Å². The van der Waals surface area contributed by atoms with E-state index in [4.69, 9.17) is 44.3 Å². The van der Waals surface area contributed by atoms with Gasteiger partial charge in [-0.25, -0.2) is 4.98 Å². The fraction of sp³-hybridized carbons (Fsp3) is 0.346. The number of tetrazole rings is 1. The van der Waals surface area contributed by atoms with Gasteiger partial charge >= 0.3 is 0 Å². The number of imidazole rings is 1. The Morgan fingerprint density at radius 2 is 1.87 bits per heavy atom. The largest absolute Gasteiger partial charge is 0.493 e. The molecule has 39 heavy (non-hydrogen) atoms. The highest BCUT2D eigenvalue weighted by Crippen LogP contribution is 2.38. The zero-order chi connectivity index (χ0) is 28.1. The number of rotatable bonds is 11. The maximum absolute atomic E-state index is 13.8. The summed E-state index contributed by atoms with van der Waals surface area (Å²) in [7, 11) is 2.98. The van der Waals surface area contributed by atoms with Crippen LogP contribution < -0.4 is 9.47 Å². The number of hydrogen-bond acceptors (Lipinski definition) is 7. The number of carbonyl (C=O) groups is 1. The summed E-state index contributed by atoms with van der Waals surface area (Å²) in [4.78, 5) is 20.0. The van der Waals surface area contributed by atoms with Crippen LogP contribution in [0.25, 0.3) is 11.4 Å². The molecule has 4 aromatic rings. The highest BCUT2D eigenvalue weighted by molar-refractivity contribution is 6.40. The van der Waals surface area contributed by atoms with E-state index in [1.165, 1.54) is 14.2 Å². The Balaban J connectivity index is 1.70. The van der Waals surface area contributed by atoms with Crippen molar-refractivity contribution in [2.24, 2.45) is 5.92 Å². The summed E-state index contributed by atoms with van der Waals surface area (Å²) in [5.41, 5.74) is 1.94. The average molecular weight is 593 g/mol. The van der Waals surface area contributed by atoms with Crippen molar-refractivity contribution in [2.75, 3.05) is 20.8 Å². The smallest absolute Gasteiger partial charge is 0.255 e. The van der Waals surface area contributed by atoms with Gasteiger partial charge in [0.05, 0.1) is 37.9 Å². The third-order valence-electron chi connectivity index (χ3n) is 6.19. The molecule has 206 valence electrons. The van der Waals surface area contributed by atoms with Crippen LogP contribution in [0, 0.1) is 5.92 Å². The van der Waals surface area contributed by atoms with Crippen LogP contribution in [0.3, 0.4) is 0 Å². The summed E-state index contributed by atoms with van der Waals surface area (Å²) in [6, 6.07) is 10.9. The van der Waals surface area contributed by atoms with Crippen molar-refractivity contribution in [2.45, 2.75) is 33.4 Å². The molecule has 0 fully saturated rings. The fourth-order valence-electron chi connectivity index (χ4n) is 4.11. The number of nitrogens with zero attached hydrogens (tertiary/aromatic N) is 6. The van der Waals surface area contributed by atoms with Crippen molar-refractivity contribution >= 4 is 40.7 Å². The van der Waals surface area contributed by atoms with Gasteiger partial charge in [-0.05, 0) is 35.2 Å². The molecule has 0 saturated heterocycles. The Morgan fingerprint density at radius 1 is 1.10 bits per heavy atom. The minimum atomic E-state index is -0.282. The van der Waals surface area contributed by atoms with Crippen LogP contribution in [0.4, 0.5) is 0 Å². The Labute approximate surface area is 241 Å². The van der Waals surface area contributed by atoms with Gasteiger partial charge in [0.15, 0.2) is 16.7 Å². The van der Waals surface area contributed by atoms with Gasteiger partial charge in [0, 0.05) is 12.1 Å². The first kappa shape index (κ1) is 28.7. The third-order valence-corrected chi connectivity index (χ3v) is 7.31. The lowest BCUT2D eigenvalue weighted by Gasteiger charge is -2.25. The van der Waals surface area contributed by atoms with Gasteiger partial charge in [-0.1, -0.05) is 72.9 Å². The van der Waals surface area contributed by atoms with E-state index in [1.54, 1.807) is 21.6 Å². The van der Waals surface area contributed by atoms with Crippen LogP contribution in [0.1, 0.15) is 42.0 Å². The second kappa shape index (κ2) is 12.7. The Bertz CT molecular complexity index is 1440. The molecule has 2 aromatic carbocycles. The molecular formula is C26H28Cl3N7O3. The highest BCUT2D eigenvalue weighted by Gasteiger charge is 2.26. The summed E-state index contributed by atoms with van der Waals surface area (Å²) in [5.74, 6) is 1.76. The molecule has 0 radical (unpaired) electrons. The van der Waals surface area contributed by atoms with Gasteiger partial charge in [0.1, 0.15) is 11.0 Å². The number of carbonyl (C=O) groups excluding carboxylic acids is 1. The zero-order valence-corrected chi connectivity index (χ0v) is 24.2. The van der Waals surface area contributed by atoms with E-state index in [1.807, 2.05) is 24.3 Å². The molecule has 0 bridgehead atoms. The van der Waals surface area contributed by atoms with Crippen molar-refractivity contribution < 1.29 is 14.3 Å². The molecule has 4 rings (SSSR count). The number of hydrogen-bond donors (Lipinski definition) is 1. The molecule has 0 spiro atoms. The van der Waals surface area contributed by atoms with Crippen molar-refractivity contribution in [1.82, 2.24) is 35.1 Å². The number of methoxy groups -OCH3 is 2. The SMILES string of the molecule is COc1ccc(C(=O)N(CCC(C)C)Cc2nc(Cl)c(Cl)n2Cc2ccccc2-c2nn[nH]n2)c(Cl)c1OC. The molecule has 2 aromatic heterocycles. The van der Waals surface area contributed by atoms with Gasteiger partial charge < -0.3 is 18.9 Å². The number of aromatic nitrogens is 6. The fourth-order valence-corrected chi connectivity index (χ4v) is 4.82. The summed E-state index contributed by atoms with van der Waals surface area (Å²) in [6.45, 7) is 5.11. The summed E-state index contributed by atoms with van der Waals surface area (Å²) < 4.78 is 12.5. The van der Waals surface area contributed by atoms with Crippen molar-refractivity contribution in [3.8, 4) is 22.9 Å². The predicted molar refractivity (Wildman–Crippen MR) is 150 cm³/mol. The lowest BCUT2D eigenvalue weighted by molar-refractivity contribution is 0.0729. The summed E-state index contributed by atoms with van der Waals surface area (Å²) in [6.07, 6.45) is 0.763. The van der Waals surface area contributed by atoms with E-state index in [9.17, 15) is 4.79 Å². The quantitative estimate of drug-likeness (QED) is 0.235. The second-order valence-corrected chi connectivity index (χ2v) is 10.3. The molecule has 1 N–H and O–H groups in total. The van der Waals surface area contributed by atoms with Gasteiger partial charge in [0.2, 0.25) is 5.82 Å². The third kappa shape index (κ3) is 6.29. The number of nitrogens with one attached hydrogen (secondary N) is 1. The van der Waals surface area contributed by atoms with Crippen LogP contribution >= 0.6 is 34.8 Å². The molecule has 0 saturated carbocycles. The minimum Gasteiger partial charge on any atom is -0.493 e. The topological polar surface area (TPSA) is 111 Å². The first-order valence-electron chi connectivity index (χ1n) is 12.2. The molecular weight excluding hydrogens is 565 g/mol. The van der Waals surface area contributed by atoms with Crippen molar-refractivity contribution in [1.29, 1.82) is 0 Å². The van der Waals surface area contributed by atoms with E-state index in [2.05, 4.69) is 39.5 Å². The molecule has 0 atom stereocenters. The molecule has 10 nitrogen and oxygen atoms in total. The zero-order valence-electron chi connectivity index (χ0n) is 21.9. The molecule has 0 unspecified atom stereocenters. The summed E-state index contributed by atoms with van der Waals surface area (Å²) in [5, 5.41) is 14.9. The van der Waals surface area contributed by atoms with Gasteiger partial charge in [0.25, 0.3) is 5.91 Å². The lowest BCUT2D eigenvalue weighted by Crippen LogP contribution is -2.33. The monoisotopic (exact) mass is 591 g/mol. The number of aromatic amines is 1. The lowest BCUT2D eigenvalue weighted by atomic mass is 10.1. The standard InChI is InChI=1S/C26H28Cl3N7O3/c1-15(2)11-12-35(26(37)18-9-10-19(38-3)22(39-4)21(18)27)14-20-30-23(28)24(29)36(20)13-16-7-5-6-8-17(16)25-31-33-34-32-25/h5-10,15H,11-14H2,1-4H3,(H,31,32,33,34). The average Bonchev–Trinajstić information content (AvgIpc) is 3.55. The Hall–Kier alpha value is -3.34. The van der Waals surface area contributed by atoms with Gasteiger partial charge in [-0.15, -0.1) is 10.2 Å². The van der Waals surface area contributed by atoms with Crippen LogP contribution in [0.5, 0.6) is 11.5 Å². The van der Waals surface area contributed by atoms with Gasteiger partial charge in [-0.3, -0.25) is 4.79 Å². The number of benzene rings is 2. The summed E-state index contributed by atoms with van der Waals surface area (Å²) >= 11 is 19.6. The molecule has 2 heterocycles. The van der Waals surface area contributed by atoms with Crippen LogP contribution in [0.15, 0.2) is 36.4 Å². The number of ether oxygens (including phenoxy) is 2. The second-order valence-electron chi connectivity index (χ2n) is 9.16. The first-order chi connectivity index (χ1) is 18.7. The number of amides is 1. The molecule has 0 aliphatic heterocycles.